The molecule has 6 nitrogen and oxygen atoms in total. The molecular formula is C27H28BrNO5S. The molecule has 1 aromatic heterocycles. The Morgan fingerprint density at radius 1 is 1.29 bits per heavy atom. The molecule has 0 saturated carbocycles. The number of benzene rings is 1. The monoisotopic (exact) mass is 557 g/mol. The van der Waals surface area contributed by atoms with E-state index in [4.69, 9.17) is 14.2 Å². The molecule has 3 aliphatic rings. The molecule has 1 aliphatic carbocycles. The highest BCUT2D eigenvalue weighted by Gasteiger charge is 2.42. The van der Waals surface area contributed by atoms with Crippen LogP contribution in [0.5, 0.6) is 5.75 Å². The number of halogens is 1. The lowest BCUT2D eigenvalue weighted by molar-refractivity contribution is -0.142. The van der Waals surface area contributed by atoms with Gasteiger partial charge >= 0.3 is 5.97 Å². The predicted molar refractivity (Wildman–Crippen MR) is 138 cm³/mol. The van der Waals surface area contributed by atoms with Gasteiger partial charge in [0.2, 0.25) is 0 Å². The summed E-state index contributed by atoms with van der Waals surface area (Å²) < 4.78 is 17.9. The lowest BCUT2D eigenvalue weighted by Crippen LogP contribution is -2.36. The molecule has 0 amide bonds. The number of dihydropyridines is 1. The van der Waals surface area contributed by atoms with E-state index in [1.807, 2.05) is 36.6 Å². The number of esters is 1. The Hall–Kier alpha value is -2.42. The quantitative estimate of drug-likeness (QED) is 0.466. The van der Waals surface area contributed by atoms with Gasteiger partial charge < -0.3 is 19.5 Å². The highest BCUT2D eigenvalue weighted by Crippen LogP contribution is 2.48. The number of allylic oxidation sites excluding steroid dienone is 3. The van der Waals surface area contributed by atoms with E-state index < -0.39 is 11.9 Å². The molecule has 0 bridgehead atoms. The van der Waals surface area contributed by atoms with Crippen LogP contribution in [0.3, 0.4) is 0 Å². The minimum absolute atomic E-state index is 0.0427. The van der Waals surface area contributed by atoms with E-state index in [-0.39, 0.29) is 24.4 Å². The van der Waals surface area contributed by atoms with E-state index in [1.54, 1.807) is 18.4 Å². The van der Waals surface area contributed by atoms with E-state index >= 15 is 0 Å². The average Bonchev–Trinajstić information content (AvgIpc) is 3.56. The third-order valence-corrected chi connectivity index (χ3v) is 8.45. The zero-order valence-electron chi connectivity index (χ0n) is 19.8. The molecule has 2 aliphatic heterocycles. The van der Waals surface area contributed by atoms with Crippen LogP contribution in [0.15, 0.2) is 62.7 Å². The molecule has 0 unspecified atom stereocenters. The van der Waals surface area contributed by atoms with Gasteiger partial charge in [0.05, 0.1) is 24.7 Å². The Morgan fingerprint density at radius 2 is 2.14 bits per heavy atom. The number of hydrogen-bond donors (Lipinski definition) is 1. The Bertz CT molecular complexity index is 1200. The fourth-order valence-electron chi connectivity index (χ4n) is 5.30. The van der Waals surface area contributed by atoms with Crippen molar-refractivity contribution >= 4 is 39.0 Å². The number of methoxy groups -OCH3 is 1. The molecule has 8 heteroatoms. The summed E-state index contributed by atoms with van der Waals surface area (Å²) in [5.74, 6) is -0.220. The SMILES string of the molecule is COc1ccc(Br)cc1[C@@H]1C(C(=O)OC[C@@H]2CCCO2)=C(C)NC2=C1C(=O)C[C@H](c1cccs1)C2. The molecule has 1 fully saturated rings. The fourth-order valence-corrected chi connectivity index (χ4v) is 6.51. The van der Waals surface area contributed by atoms with Crippen molar-refractivity contribution in [2.75, 3.05) is 20.3 Å². The summed E-state index contributed by atoms with van der Waals surface area (Å²) in [6.45, 7) is 2.78. The zero-order chi connectivity index (χ0) is 24.5. The molecule has 3 atom stereocenters. The van der Waals surface area contributed by atoms with Crippen molar-refractivity contribution in [2.24, 2.45) is 0 Å². The summed E-state index contributed by atoms with van der Waals surface area (Å²) in [6.07, 6.45) is 2.90. The second kappa shape index (κ2) is 10.3. The normalized spacial score (nSPS) is 24.3. The van der Waals surface area contributed by atoms with Crippen LogP contribution in [0.2, 0.25) is 0 Å². The molecule has 1 N–H and O–H groups in total. The highest BCUT2D eigenvalue weighted by atomic mass is 79.9. The number of thiophene rings is 1. The maximum Gasteiger partial charge on any atom is 0.336 e. The van der Waals surface area contributed by atoms with Crippen LogP contribution in [0.1, 0.15) is 54.9 Å². The molecule has 35 heavy (non-hydrogen) atoms. The van der Waals surface area contributed by atoms with Crippen LogP contribution in [-0.4, -0.2) is 38.2 Å². The maximum absolute atomic E-state index is 13.7. The van der Waals surface area contributed by atoms with Gasteiger partial charge in [-0.15, -0.1) is 11.3 Å². The summed E-state index contributed by atoms with van der Waals surface area (Å²) in [5.41, 5.74) is 3.42. The van der Waals surface area contributed by atoms with E-state index in [0.29, 0.717) is 42.0 Å². The van der Waals surface area contributed by atoms with Crippen molar-refractivity contribution in [1.82, 2.24) is 5.32 Å². The molecule has 184 valence electrons. The number of carbonyl (C=O) groups excluding carboxylic acids is 2. The van der Waals surface area contributed by atoms with Gasteiger partial charge in [0.15, 0.2) is 5.78 Å². The minimum atomic E-state index is -0.576. The van der Waals surface area contributed by atoms with Gasteiger partial charge in [-0.25, -0.2) is 4.79 Å². The molecule has 0 radical (unpaired) electrons. The number of Topliss-reactive ketones (excluding diaryl/α,β-unsaturated/α-hetero) is 1. The van der Waals surface area contributed by atoms with Crippen molar-refractivity contribution in [3.05, 3.63) is 73.2 Å². The van der Waals surface area contributed by atoms with Crippen LogP contribution in [0, 0.1) is 0 Å². The van der Waals surface area contributed by atoms with Gasteiger partial charge in [0, 0.05) is 50.8 Å². The summed E-state index contributed by atoms with van der Waals surface area (Å²) in [7, 11) is 1.60. The van der Waals surface area contributed by atoms with Crippen molar-refractivity contribution < 1.29 is 23.8 Å². The number of ketones is 1. The van der Waals surface area contributed by atoms with E-state index in [2.05, 4.69) is 27.3 Å². The first kappa shape index (κ1) is 24.3. The standard InChI is InChI=1S/C27H28BrNO5S/c1-15-24(27(31)34-14-18-5-3-9-33-18)25(19-13-17(28)7-8-22(19)32-2)26-20(29-15)11-16(12-21(26)30)23-6-4-10-35-23/h4,6-8,10,13,16,18,25,29H,3,5,9,11-12,14H2,1-2H3/t16-,18+,25-/m1/s1. The predicted octanol–water partition coefficient (Wildman–Crippen LogP) is 5.60. The second-order valence-electron chi connectivity index (χ2n) is 9.15. The van der Waals surface area contributed by atoms with Crippen LogP contribution in [0.4, 0.5) is 0 Å². The van der Waals surface area contributed by atoms with Crippen molar-refractivity contribution in [2.45, 2.75) is 50.5 Å². The Kier molecular flexibility index (Phi) is 7.14. The van der Waals surface area contributed by atoms with Gasteiger partial charge in [0.1, 0.15) is 12.4 Å². The molecule has 1 saturated heterocycles. The fraction of sp³-hybridized carbons (Fsp3) is 0.407. The van der Waals surface area contributed by atoms with E-state index in [9.17, 15) is 9.59 Å². The van der Waals surface area contributed by atoms with Crippen molar-refractivity contribution in [1.29, 1.82) is 0 Å². The summed E-state index contributed by atoms with van der Waals surface area (Å²) >= 11 is 5.23. The summed E-state index contributed by atoms with van der Waals surface area (Å²) in [4.78, 5) is 28.4. The molecule has 3 heterocycles. The first-order chi connectivity index (χ1) is 17.0. The maximum atomic E-state index is 13.7. The van der Waals surface area contributed by atoms with Crippen LogP contribution in [-0.2, 0) is 19.1 Å². The van der Waals surface area contributed by atoms with Gasteiger partial charge in [-0.3, -0.25) is 4.79 Å². The third-order valence-electron chi connectivity index (χ3n) is 6.92. The smallest absolute Gasteiger partial charge is 0.336 e. The lowest BCUT2D eigenvalue weighted by Gasteiger charge is -2.37. The summed E-state index contributed by atoms with van der Waals surface area (Å²) in [6, 6.07) is 9.78. The average molecular weight is 558 g/mol. The second-order valence-corrected chi connectivity index (χ2v) is 11.0. The first-order valence-corrected chi connectivity index (χ1v) is 13.5. The van der Waals surface area contributed by atoms with Crippen molar-refractivity contribution in [3.8, 4) is 5.75 Å². The number of ether oxygens (including phenoxy) is 3. The first-order valence-electron chi connectivity index (χ1n) is 11.9. The van der Waals surface area contributed by atoms with Gasteiger partial charge in [-0.2, -0.15) is 0 Å². The van der Waals surface area contributed by atoms with Gasteiger partial charge in [-0.05, 0) is 55.8 Å². The lowest BCUT2D eigenvalue weighted by atomic mass is 9.72. The van der Waals surface area contributed by atoms with Crippen LogP contribution in [0.25, 0.3) is 0 Å². The van der Waals surface area contributed by atoms with Crippen LogP contribution < -0.4 is 10.1 Å². The van der Waals surface area contributed by atoms with E-state index in [1.165, 1.54) is 4.88 Å². The van der Waals surface area contributed by atoms with Crippen LogP contribution >= 0.6 is 27.3 Å². The van der Waals surface area contributed by atoms with Gasteiger partial charge in [-0.1, -0.05) is 22.0 Å². The Morgan fingerprint density at radius 3 is 2.86 bits per heavy atom. The Balaban J connectivity index is 1.56. The third kappa shape index (κ3) is 4.84. The molecule has 5 rings (SSSR count). The minimum Gasteiger partial charge on any atom is -0.496 e. The highest BCUT2D eigenvalue weighted by molar-refractivity contribution is 9.10. The zero-order valence-corrected chi connectivity index (χ0v) is 22.2. The largest absolute Gasteiger partial charge is 0.496 e. The van der Waals surface area contributed by atoms with Crippen molar-refractivity contribution in [3.63, 3.8) is 0 Å². The van der Waals surface area contributed by atoms with Gasteiger partial charge in [0.25, 0.3) is 0 Å². The Labute approximate surface area is 217 Å². The molecule has 0 spiro atoms. The number of carbonyl (C=O) groups is 2. The molecule has 1 aromatic carbocycles. The number of hydrogen-bond acceptors (Lipinski definition) is 7. The topological polar surface area (TPSA) is 73.9 Å². The number of nitrogens with one attached hydrogen (secondary N) is 1. The molecular weight excluding hydrogens is 530 g/mol. The summed E-state index contributed by atoms with van der Waals surface area (Å²) in [5, 5.41) is 5.45. The number of rotatable bonds is 6. The molecule has 2 aromatic rings. The van der Waals surface area contributed by atoms with E-state index in [0.717, 1.165) is 28.6 Å².